The molecule has 4 nitrogen and oxygen atoms in total. The van der Waals surface area contributed by atoms with Gasteiger partial charge in [-0.25, -0.2) is 4.39 Å². The number of hydrogen-bond donors (Lipinski definition) is 0. The predicted octanol–water partition coefficient (Wildman–Crippen LogP) is 3.34. The topological polar surface area (TPSA) is 59.3 Å². The van der Waals surface area contributed by atoms with Crippen LogP contribution in [0.4, 0.5) is 4.39 Å². The summed E-state index contributed by atoms with van der Waals surface area (Å²) in [5, 5.41) is 8.72. The lowest BCUT2D eigenvalue weighted by Crippen LogP contribution is -2.51. The standard InChI is InChI=1S/C17H18FNO3/c1-21-17-7-4-16(5-8-17,6-9-17)15(20)22-13-3-2-12(11-19)14(18)10-13/h2-3,10H,4-9H2,1H3. The first kappa shape index (κ1) is 15.0. The van der Waals surface area contributed by atoms with E-state index >= 15 is 0 Å². The van der Waals surface area contributed by atoms with Gasteiger partial charge in [-0.05, 0) is 50.7 Å². The molecule has 3 saturated carbocycles. The quantitative estimate of drug-likeness (QED) is 0.634. The lowest BCUT2D eigenvalue weighted by atomic mass is 9.58. The number of carbonyl (C=O) groups is 1. The van der Waals surface area contributed by atoms with E-state index in [1.54, 1.807) is 13.2 Å². The lowest BCUT2D eigenvalue weighted by Gasteiger charge is -2.50. The summed E-state index contributed by atoms with van der Waals surface area (Å²) in [6, 6.07) is 5.63. The number of rotatable bonds is 3. The van der Waals surface area contributed by atoms with Crippen molar-refractivity contribution in [3.05, 3.63) is 29.6 Å². The summed E-state index contributed by atoms with van der Waals surface area (Å²) in [5.41, 5.74) is -0.592. The van der Waals surface area contributed by atoms with Crippen LogP contribution in [0.3, 0.4) is 0 Å². The minimum atomic E-state index is -0.670. The van der Waals surface area contributed by atoms with E-state index in [2.05, 4.69) is 0 Å². The van der Waals surface area contributed by atoms with Gasteiger partial charge in [-0.3, -0.25) is 4.79 Å². The van der Waals surface area contributed by atoms with Gasteiger partial charge in [0.15, 0.2) is 0 Å². The Morgan fingerprint density at radius 3 is 2.36 bits per heavy atom. The van der Waals surface area contributed by atoms with Crippen molar-refractivity contribution in [3.8, 4) is 11.8 Å². The second-order valence-electron chi connectivity index (χ2n) is 6.31. The summed E-state index contributed by atoms with van der Waals surface area (Å²) >= 11 is 0. The van der Waals surface area contributed by atoms with Crippen LogP contribution in [-0.4, -0.2) is 18.7 Å². The van der Waals surface area contributed by atoms with Gasteiger partial charge in [0.05, 0.1) is 16.6 Å². The Morgan fingerprint density at radius 2 is 1.86 bits per heavy atom. The molecule has 5 heteroatoms. The fourth-order valence-electron chi connectivity index (χ4n) is 3.63. The minimum Gasteiger partial charge on any atom is -0.426 e. The highest BCUT2D eigenvalue weighted by Gasteiger charge is 2.53. The van der Waals surface area contributed by atoms with Gasteiger partial charge in [0.1, 0.15) is 17.6 Å². The Hall–Kier alpha value is -1.93. The molecular formula is C17H18FNO3. The van der Waals surface area contributed by atoms with Crippen LogP contribution in [0, 0.1) is 22.6 Å². The van der Waals surface area contributed by atoms with E-state index in [0.29, 0.717) is 0 Å². The monoisotopic (exact) mass is 303 g/mol. The van der Waals surface area contributed by atoms with E-state index in [0.717, 1.165) is 44.6 Å². The van der Waals surface area contributed by atoms with Crippen LogP contribution < -0.4 is 4.74 Å². The largest absolute Gasteiger partial charge is 0.426 e. The Morgan fingerprint density at radius 1 is 1.23 bits per heavy atom. The van der Waals surface area contributed by atoms with Gasteiger partial charge in [-0.2, -0.15) is 5.26 Å². The second kappa shape index (κ2) is 5.36. The zero-order valence-electron chi connectivity index (χ0n) is 12.5. The smallest absolute Gasteiger partial charge is 0.317 e. The number of nitriles is 1. The summed E-state index contributed by atoms with van der Waals surface area (Å²) in [6.07, 6.45) is 4.83. The first-order valence-corrected chi connectivity index (χ1v) is 7.50. The second-order valence-corrected chi connectivity index (χ2v) is 6.31. The highest BCUT2D eigenvalue weighted by Crippen LogP contribution is 2.54. The van der Waals surface area contributed by atoms with Crippen LogP contribution in [0.1, 0.15) is 44.1 Å². The molecule has 1 aromatic rings. The van der Waals surface area contributed by atoms with Crippen LogP contribution in [0.2, 0.25) is 0 Å². The van der Waals surface area contributed by atoms with Crippen LogP contribution in [0.25, 0.3) is 0 Å². The zero-order chi connectivity index (χ0) is 15.8. The number of hydrogen-bond acceptors (Lipinski definition) is 4. The van der Waals surface area contributed by atoms with E-state index < -0.39 is 11.2 Å². The molecule has 0 aliphatic heterocycles. The molecule has 3 fully saturated rings. The summed E-state index contributed by atoms with van der Waals surface area (Å²) in [7, 11) is 1.73. The molecule has 0 unspecified atom stereocenters. The van der Waals surface area contributed by atoms with E-state index in [1.165, 1.54) is 12.1 Å². The number of fused-ring (bicyclic) bond motifs is 3. The number of carbonyl (C=O) groups excluding carboxylic acids is 1. The number of ether oxygens (including phenoxy) is 2. The third kappa shape index (κ3) is 2.38. The minimum absolute atomic E-state index is 0.0572. The van der Waals surface area contributed by atoms with Gasteiger partial charge in [-0.15, -0.1) is 0 Å². The molecule has 0 spiro atoms. The van der Waals surface area contributed by atoms with Crippen LogP contribution in [0.5, 0.6) is 5.75 Å². The van der Waals surface area contributed by atoms with Crippen molar-refractivity contribution in [3.63, 3.8) is 0 Å². The Kier molecular flexibility index (Phi) is 3.65. The molecule has 0 N–H and O–H groups in total. The Balaban J connectivity index is 1.73. The van der Waals surface area contributed by atoms with Crippen molar-refractivity contribution >= 4 is 5.97 Å². The molecule has 0 atom stereocenters. The first-order chi connectivity index (χ1) is 10.5. The van der Waals surface area contributed by atoms with Crippen molar-refractivity contribution in [2.45, 2.75) is 44.1 Å². The van der Waals surface area contributed by atoms with Gasteiger partial charge in [0.25, 0.3) is 0 Å². The van der Waals surface area contributed by atoms with E-state index in [9.17, 15) is 9.18 Å². The highest BCUT2D eigenvalue weighted by molar-refractivity contribution is 5.79. The fourth-order valence-corrected chi connectivity index (χ4v) is 3.63. The molecule has 0 heterocycles. The average molecular weight is 303 g/mol. The van der Waals surface area contributed by atoms with Crippen molar-refractivity contribution in [2.75, 3.05) is 7.11 Å². The van der Waals surface area contributed by atoms with Crippen molar-refractivity contribution < 1.29 is 18.7 Å². The third-order valence-electron chi connectivity index (χ3n) is 5.32. The molecule has 116 valence electrons. The summed E-state index contributed by atoms with van der Waals surface area (Å²) < 4.78 is 24.6. The number of benzene rings is 1. The lowest BCUT2D eigenvalue weighted by molar-refractivity contribution is -0.166. The van der Waals surface area contributed by atoms with Crippen LogP contribution >= 0.6 is 0 Å². The van der Waals surface area contributed by atoms with Crippen molar-refractivity contribution in [1.82, 2.24) is 0 Å². The van der Waals surface area contributed by atoms with Crippen LogP contribution in [0.15, 0.2) is 18.2 Å². The van der Waals surface area contributed by atoms with Gasteiger partial charge in [0, 0.05) is 13.2 Å². The molecule has 1 aromatic carbocycles. The Bertz CT molecular complexity index is 625. The van der Waals surface area contributed by atoms with Gasteiger partial charge < -0.3 is 9.47 Å². The maximum absolute atomic E-state index is 13.6. The van der Waals surface area contributed by atoms with E-state index in [-0.39, 0.29) is 22.9 Å². The molecule has 22 heavy (non-hydrogen) atoms. The van der Waals surface area contributed by atoms with Crippen molar-refractivity contribution in [2.24, 2.45) is 5.41 Å². The maximum Gasteiger partial charge on any atom is 0.317 e. The van der Waals surface area contributed by atoms with Gasteiger partial charge >= 0.3 is 5.97 Å². The predicted molar refractivity (Wildman–Crippen MR) is 76.6 cm³/mol. The SMILES string of the molecule is COC12CCC(C(=O)Oc3ccc(C#N)c(F)c3)(CC1)CC2. The normalized spacial score (nSPS) is 29.9. The molecule has 0 amide bonds. The molecule has 3 aliphatic carbocycles. The Labute approximate surface area is 128 Å². The van der Waals surface area contributed by atoms with E-state index in [1.807, 2.05) is 0 Å². The molecule has 0 aromatic heterocycles. The van der Waals surface area contributed by atoms with E-state index in [4.69, 9.17) is 14.7 Å². The molecule has 2 bridgehead atoms. The highest BCUT2D eigenvalue weighted by atomic mass is 19.1. The average Bonchev–Trinajstić information content (AvgIpc) is 2.56. The number of nitrogens with zero attached hydrogens (tertiary/aromatic N) is 1. The first-order valence-electron chi connectivity index (χ1n) is 7.50. The molecular weight excluding hydrogens is 285 g/mol. The maximum atomic E-state index is 13.6. The van der Waals surface area contributed by atoms with Gasteiger partial charge in [-0.1, -0.05) is 0 Å². The fraction of sp³-hybridized carbons (Fsp3) is 0.529. The summed E-state index contributed by atoms with van der Waals surface area (Å²) in [5.74, 6) is -0.804. The molecule has 3 aliphatic rings. The van der Waals surface area contributed by atoms with Crippen molar-refractivity contribution in [1.29, 1.82) is 5.26 Å². The number of halogens is 1. The number of methoxy groups -OCH3 is 1. The molecule has 0 radical (unpaired) electrons. The summed E-state index contributed by atoms with van der Waals surface area (Å²) in [6.45, 7) is 0. The van der Waals surface area contributed by atoms with Crippen LogP contribution in [-0.2, 0) is 9.53 Å². The zero-order valence-corrected chi connectivity index (χ0v) is 12.5. The third-order valence-corrected chi connectivity index (χ3v) is 5.32. The van der Waals surface area contributed by atoms with Gasteiger partial charge in [0.2, 0.25) is 0 Å². The molecule has 4 rings (SSSR count). The summed E-state index contributed by atoms with van der Waals surface area (Å²) in [4.78, 5) is 12.6. The number of esters is 1. The molecule has 0 saturated heterocycles.